The van der Waals surface area contributed by atoms with E-state index >= 15 is 0 Å². The van der Waals surface area contributed by atoms with Gasteiger partial charge in [-0.3, -0.25) is 9.59 Å². The van der Waals surface area contributed by atoms with E-state index < -0.39 is 6.10 Å². The van der Waals surface area contributed by atoms with Crippen LogP contribution in [0.2, 0.25) is 0 Å². The lowest BCUT2D eigenvalue weighted by atomic mass is 10.0. The molecule has 0 aliphatic heterocycles. The molecule has 0 N–H and O–H groups in total. The van der Waals surface area contributed by atoms with Crippen molar-refractivity contribution in [2.45, 2.75) is 284 Å². The lowest BCUT2D eigenvalue weighted by Crippen LogP contribution is -2.30. The van der Waals surface area contributed by atoms with E-state index in [1.54, 1.807) is 0 Å². The van der Waals surface area contributed by atoms with Crippen LogP contribution in [-0.4, -0.2) is 37.9 Å². The first-order valence-electron chi connectivity index (χ1n) is 29.8. The highest BCUT2D eigenvalue weighted by molar-refractivity contribution is 5.70. The molecule has 0 rings (SSSR count). The molecule has 0 aromatic heterocycles. The molecule has 0 radical (unpaired) electrons. The van der Waals surface area contributed by atoms with E-state index in [9.17, 15) is 9.59 Å². The Balaban J connectivity index is 4.32. The molecule has 1 unspecified atom stereocenters. The van der Waals surface area contributed by atoms with Crippen molar-refractivity contribution >= 4 is 11.9 Å². The van der Waals surface area contributed by atoms with Crippen LogP contribution in [0, 0.1) is 0 Å². The van der Waals surface area contributed by atoms with Crippen LogP contribution >= 0.6 is 0 Å². The van der Waals surface area contributed by atoms with Gasteiger partial charge in [0.1, 0.15) is 6.61 Å². The molecule has 0 bridgehead atoms. The third-order valence-corrected chi connectivity index (χ3v) is 12.6. The van der Waals surface area contributed by atoms with Crippen LogP contribution in [-0.2, 0) is 23.8 Å². The minimum atomic E-state index is -0.568. The molecule has 0 aromatic rings. The summed E-state index contributed by atoms with van der Waals surface area (Å²) in [6.07, 6.45) is 81.6. The van der Waals surface area contributed by atoms with Gasteiger partial charge in [0.15, 0.2) is 6.10 Å². The molecule has 0 heterocycles. The van der Waals surface area contributed by atoms with Crippen molar-refractivity contribution < 1.29 is 23.8 Å². The highest BCUT2D eigenvalue weighted by Crippen LogP contribution is 2.16. The lowest BCUT2D eigenvalue weighted by molar-refractivity contribution is -0.163. The van der Waals surface area contributed by atoms with Gasteiger partial charge in [0.25, 0.3) is 0 Å². The molecule has 70 heavy (non-hydrogen) atoms. The molecular weight excluding hydrogens is 861 g/mol. The van der Waals surface area contributed by atoms with Crippen LogP contribution in [0.4, 0.5) is 0 Å². The summed E-state index contributed by atoms with van der Waals surface area (Å²) in [5, 5.41) is 0. The van der Waals surface area contributed by atoms with Crippen LogP contribution in [0.5, 0.6) is 0 Å². The van der Waals surface area contributed by atoms with Crippen molar-refractivity contribution in [2.75, 3.05) is 19.8 Å². The fraction of sp³-hybridized carbons (Fsp3) is 0.723. The van der Waals surface area contributed by atoms with Gasteiger partial charge >= 0.3 is 11.9 Å². The average molecular weight is 974 g/mol. The zero-order valence-electron chi connectivity index (χ0n) is 46.3. The Morgan fingerprint density at radius 3 is 1.06 bits per heavy atom. The maximum Gasteiger partial charge on any atom is 0.306 e. The fourth-order valence-corrected chi connectivity index (χ4v) is 8.26. The molecule has 0 amide bonds. The van der Waals surface area contributed by atoms with E-state index in [0.717, 1.165) is 109 Å². The minimum Gasteiger partial charge on any atom is -0.462 e. The number of hydrogen-bond donors (Lipinski definition) is 0. The second kappa shape index (κ2) is 60.1. The van der Waals surface area contributed by atoms with Gasteiger partial charge in [-0.2, -0.15) is 0 Å². The second-order valence-corrected chi connectivity index (χ2v) is 19.5. The summed E-state index contributed by atoms with van der Waals surface area (Å²) in [6.45, 7) is 7.57. The summed E-state index contributed by atoms with van der Waals surface area (Å²) in [6, 6.07) is 0. The van der Waals surface area contributed by atoms with E-state index in [1.165, 1.54) is 135 Å². The Labute approximate surface area is 434 Å². The average Bonchev–Trinajstić information content (AvgIpc) is 3.36. The molecule has 1 atom stereocenters. The third-order valence-electron chi connectivity index (χ3n) is 12.6. The van der Waals surface area contributed by atoms with E-state index in [0.29, 0.717) is 19.4 Å². The molecule has 402 valence electrons. The van der Waals surface area contributed by atoms with Gasteiger partial charge in [-0.05, 0) is 96.3 Å². The Hall–Kier alpha value is -3.18. The quantitative estimate of drug-likeness (QED) is 0.0345. The van der Waals surface area contributed by atoms with E-state index in [2.05, 4.69) is 118 Å². The van der Waals surface area contributed by atoms with Crippen molar-refractivity contribution in [2.24, 2.45) is 0 Å². The molecule has 0 aromatic carbocycles. The number of ether oxygens (including phenoxy) is 3. The number of rotatable bonds is 54. The minimum absolute atomic E-state index is 0.0586. The standard InChI is InChI=1S/C65H112O5/c1-4-7-10-13-16-19-22-25-28-30-32-34-36-39-42-45-48-51-54-57-60-68-61-63(70-65(67)59-56-53-50-47-44-41-37-27-24-21-18-15-12-9-6-3)62-69-64(66)58-55-52-49-46-43-40-38-35-33-31-29-26-23-20-17-14-11-8-5-2/h8-9,11-12,17-18,20-21,26-27,29,33,35,37,44,47,63H,4-7,10,13-16,19,22-25,28,30-32,34,36,38-43,45-46,48-62H2,1-3H3/b11-8-,12-9-,20-17-,21-18-,29-26-,35-33-,37-27-,47-44-. The van der Waals surface area contributed by atoms with Crippen LogP contribution in [0.3, 0.4) is 0 Å². The van der Waals surface area contributed by atoms with E-state index in [-0.39, 0.29) is 25.2 Å². The molecule has 0 saturated carbocycles. The predicted octanol–water partition coefficient (Wildman–Crippen LogP) is 20.6. The van der Waals surface area contributed by atoms with Crippen molar-refractivity contribution in [3.05, 3.63) is 97.2 Å². The van der Waals surface area contributed by atoms with E-state index in [4.69, 9.17) is 14.2 Å². The smallest absolute Gasteiger partial charge is 0.306 e. The molecule has 5 heteroatoms. The van der Waals surface area contributed by atoms with E-state index in [1.807, 2.05) is 0 Å². The first-order valence-corrected chi connectivity index (χ1v) is 29.8. The highest BCUT2D eigenvalue weighted by Gasteiger charge is 2.17. The Kier molecular flexibility index (Phi) is 57.4. The summed E-state index contributed by atoms with van der Waals surface area (Å²) in [4.78, 5) is 25.5. The van der Waals surface area contributed by atoms with Crippen LogP contribution < -0.4 is 0 Å². The number of carbonyl (C=O) groups excluding carboxylic acids is 2. The van der Waals surface area contributed by atoms with Gasteiger partial charge < -0.3 is 14.2 Å². The van der Waals surface area contributed by atoms with Gasteiger partial charge in [0, 0.05) is 19.4 Å². The monoisotopic (exact) mass is 973 g/mol. The SMILES string of the molecule is CC/C=C\C/C=C\C/C=C\C/C=C\CCCCCCCCC(=O)OCC(COCCCCCCCCCCCCCCCCCCCCCC)OC(=O)CCCC/C=C\C/C=C\C/C=C\C/C=C\CC. The Morgan fingerprint density at radius 1 is 0.329 bits per heavy atom. The number of allylic oxidation sites excluding steroid dienone is 16. The molecular formula is C65H112O5. The molecule has 0 aliphatic rings. The molecule has 0 aliphatic carbocycles. The summed E-state index contributed by atoms with van der Waals surface area (Å²) >= 11 is 0. The Bertz CT molecular complexity index is 1330. The fourth-order valence-electron chi connectivity index (χ4n) is 8.26. The molecule has 0 spiro atoms. The molecule has 0 saturated heterocycles. The summed E-state index contributed by atoms with van der Waals surface area (Å²) in [7, 11) is 0. The first-order chi connectivity index (χ1) is 34.6. The number of carbonyl (C=O) groups is 2. The highest BCUT2D eigenvalue weighted by atomic mass is 16.6. The summed E-state index contributed by atoms with van der Waals surface area (Å²) in [5.74, 6) is -0.456. The Morgan fingerprint density at radius 2 is 0.643 bits per heavy atom. The van der Waals surface area contributed by atoms with Crippen LogP contribution in [0.25, 0.3) is 0 Å². The van der Waals surface area contributed by atoms with Crippen LogP contribution in [0.1, 0.15) is 278 Å². The number of unbranched alkanes of at least 4 members (excludes halogenated alkanes) is 27. The van der Waals surface area contributed by atoms with Gasteiger partial charge in [-0.15, -0.1) is 0 Å². The summed E-state index contributed by atoms with van der Waals surface area (Å²) in [5.41, 5.74) is 0. The predicted molar refractivity (Wildman–Crippen MR) is 306 cm³/mol. The van der Waals surface area contributed by atoms with Gasteiger partial charge in [0.05, 0.1) is 6.61 Å². The largest absolute Gasteiger partial charge is 0.462 e. The third kappa shape index (κ3) is 57.4. The van der Waals surface area contributed by atoms with Crippen molar-refractivity contribution in [3.63, 3.8) is 0 Å². The maximum absolute atomic E-state index is 12.9. The lowest BCUT2D eigenvalue weighted by Gasteiger charge is -2.18. The second-order valence-electron chi connectivity index (χ2n) is 19.5. The molecule has 5 nitrogen and oxygen atoms in total. The zero-order chi connectivity index (χ0) is 50.6. The maximum atomic E-state index is 12.9. The van der Waals surface area contributed by atoms with Gasteiger partial charge in [-0.25, -0.2) is 0 Å². The van der Waals surface area contributed by atoms with Gasteiger partial charge in [-0.1, -0.05) is 266 Å². The van der Waals surface area contributed by atoms with Crippen molar-refractivity contribution in [1.82, 2.24) is 0 Å². The number of esters is 2. The first kappa shape index (κ1) is 66.8. The van der Waals surface area contributed by atoms with Gasteiger partial charge in [0.2, 0.25) is 0 Å². The molecule has 0 fully saturated rings. The van der Waals surface area contributed by atoms with Crippen molar-refractivity contribution in [3.8, 4) is 0 Å². The summed E-state index contributed by atoms with van der Waals surface area (Å²) < 4.78 is 17.5. The normalized spacial score (nSPS) is 12.9. The zero-order valence-corrected chi connectivity index (χ0v) is 46.3. The van der Waals surface area contributed by atoms with Crippen molar-refractivity contribution in [1.29, 1.82) is 0 Å². The topological polar surface area (TPSA) is 61.8 Å². The number of hydrogen-bond acceptors (Lipinski definition) is 5. The van der Waals surface area contributed by atoms with Crippen LogP contribution in [0.15, 0.2) is 97.2 Å².